The highest BCUT2D eigenvalue weighted by atomic mass is 35.5. The van der Waals surface area contributed by atoms with E-state index in [9.17, 15) is 4.79 Å². The van der Waals surface area contributed by atoms with Gasteiger partial charge in [-0.15, -0.1) is 0 Å². The number of rotatable bonds is 5. The maximum atomic E-state index is 12.1. The second-order valence-electron chi connectivity index (χ2n) is 4.42. The molecule has 0 saturated heterocycles. The van der Waals surface area contributed by atoms with E-state index in [1.807, 2.05) is 20.8 Å². The predicted octanol–water partition coefficient (Wildman–Crippen LogP) is 2.20. The van der Waals surface area contributed by atoms with E-state index < -0.39 is 0 Å². The molecule has 1 aromatic rings. The van der Waals surface area contributed by atoms with E-state index >= 15 is 0 Å². The number of hydrogen-bond donors (Lipinski definition) is 2. The van der Waals surface area contributed by atoms with Gasteiger partial charge in [-0.1, -0.05) is 11.6 Å². The van der Waals surface area contributed by atoms with Crippen LogP contribution >= 0.6 is 11.6 Å². The van der Waals surface area contributed by atoms with Crippen molar-refractivity contribution in [3.63, 3.8) is 0 Å². The van der Waals surface area contributed by atoms with Crippen molar-refractivity contribution < 1.29 is 9.53 Å². The Labute approximate surface area is 112 Å². The highest BCUT2D eigenvalue weighted by Gasteiger charge is 2.15. The Morgan fingerprint density at radius 3 is 2.67 bits per heavy atom. The van der Waals surface area contributed by atoms with Crippen molar-refractivity contribution in [3.05, 3.63) is 28.8 Å². The first-order valence-corrected chi connectivity index (χ1v) is 6.29. The van der Waals surface area contributed by atoms with Gasteiger partial charge in [0.1, 0.15) is 5.75 Å². The van der Waals surface area contributed by atoms with Gasteiger partial charge >= 0.3 is 0 Å². The standard InChI is InChI=1S/C13H19ClN2O2/c1-8(2)18-12-5-4-10(14)6-11(12)13(17)16-9(3)7-15/h4-6,8-9H,7,15H2,1-3H3,(H,16,17)/t9-/m0/s1. The van der Waals surface area contributed by atoms with Gasteiger partial charge in [-0.3, -0.25) is 4.79 Å². The van der Waals surface area contributed by atoms with E-state index in [4.69, 9.17) is 22.1 Å². The van der Waals surface area contributed by atoms with Gasteiger partial charge < -0.3 is 15.8 Å². The summed E-state index contributed by atoms with van der Waals surface area (Å²) in [6, 6.07) is 4.90. The molecule has 0 aromatic heterocycles. The topological polar surface area (TPSA) is 64.3 Å². The van der Waals surface area contributed by atoms with Gasteiger partial charge in [0, 0.05) is 17.6 Å². The van der Waals surface area contributed by atoms with Crippen LogP contribution in [0.2, 0.25) is 5.02 Å². The Morgan fingerprint density at radius 1 is 1.44 bits per heavy atom. The van der Waals surface area contributed by atoms with E-state index in [1.165, 1.54) is 0 Å². The summed E-state index contributed by atoms with van der Waals surface area (Å²) < 4.78 is 5.59. The number of ether oxygens (including phenoxy) is 1. The number of carbonyl (C=O) groups is 1. The summed E-state index contributed by atoms with van der Waals surface area (Å²) in [6.07, 6.45) is -0.00958. The third kappa shape index (κ3) is 4.20. The van der Waals surface area contributed by atoms with Crippen molar-refractivity contribution in [2.75, 3.05) is 6.54 Å². The Morgan fingerprint density at radius 2 is 2.11 bits per heavy atom. The van der Waals surface area contributed by atoms with Crippen LogP contribution < -0.4 is 15.8 Å². The summed E-state index contributed by atoms with van der Waals surface area (Å²) in [5.41, 5.74) is 5.90. The first kappa shape index (κ1) is 14.8. The number of amides is 1. The summed E-state index contributed by atoms with van der Waals surface area (Å²) >= 11 is 5.91. The van der Waals surface area contributed by atoms with Gasteiger partial charge in [0.25, 0.3) is 5.91 Å². The lowest BCUT2D eigenvalue weighted by Crippen LogP contribution is -2.38. The molecule has 100 valence electrons. The van der Waals surface area contributed by atoms with Gasteiger partial charge in [-0.25, -0.2) is 0 Å². The SMILES string of the molecule is CC(C)Oc1ccc(Cl)cc1C(=O)N[C@@H](C)CN. The minimum absolute atomic E-state index is 0.00958. The molecule has 0 aliphatic heterocycles. The van der Waals surface area contributed by atoms with Crippen molar-refractivity contribution in [3.8, 4) is 5.75 Å². The summed E-state index contributed by atoms with van der Waals surface area (Å²) in [7, 11) is 0. The number of hydrogen-bond acceptors (Lipinski definition) is 3. The second-order valence-corrected chi connectivity index (χ2v) is 4.85. The first-order valence-electron chi connectivity index (χ1n) is 5.91. The molecule has 0 saturated carbocycles. The Bertz CT molecular complexity index is 421. The maximum Gasteiger partial charge on any atom is 0.255 e. The molecule has 0 heterocycles. The van der Waals surface area contributed by atoms with Crippen molar-refractivity contribution in [2.24, 2.45) is 5.73 Å². The smallest absolute Gasteiger partial charge is 0.255 e. The minimum Gasteiger partial charge on any atom is -0.490 e. The minimum atomic E-state index is -0.230. The Kier molecular flexibility index (Phi) is 5.44. The van der Waals surface area contributed by atoms with Crippen LogP contribution in [0.3, 0.4) is 0 Å². The average molecular weight is 271 g/mol. The monoisotopic (exact) mass is 270 g/mol. The molecule has 0 aliphatic carbocycles. The third-order valence-electron chi connectivity index (χ3n) is 2.28. The summed E-state index contributed by atoms with van der Waals surface area (Å²) in [5, 5.41) is 3.28. The van der Waals surface area contributed by atoms with E-state index in [-0.39, 0.29) is 18.1 Å². The molecule has 4 nitrogen and oxygen atoms in total. The lowest BCUT2D eigenvalue weighted by atomic mass is 10.1. The van der Waals surface area contributed by atoms with Crippen LogP contribution in [0.5, 0.6) is 5.75 Å². The van der Waals surface area contributed by atoms with Crippen LogP contribution in [0.25, 0.3) is 0 Å². The zero-order valence-electron chi connectivity index (χ0n) is 10.9. The number of benzene rings is 1. The zero-order valence-corrected chi connectivity index (χ0v) is 11.6. The van der Waals surface area contributed by atoms with Gasteiger partial charge in [0.15, 0.2) is 0 Å². The van der Waals surface area contributed by atoms with Crippen molar-refractivity contribution in [2.45, 2.75) is 32.9 Å². The van der Waals surface area contributed by atoms with E-state index in [0.717, 1.165) is 0 Å². The van der Waals surface area contributed by atoms with Gasteiger partial charge in [-0.2, -0.15) is 0 Å². The number of halogens is 1. The lowest BCUT2D eigenvalue weighted by molar-refractivity contribution is 0.0935. The molecule has 0 fully saturated rings. The van der Waals surface area contributed by atoms with Crippen molar-refractivity contribution >= 4 is 17.5 Å². The van der Waals surface area contributed by atoms with E-state index in [1.54, 1.807) is 18.2 Å². The van der Waals surface area contributed by atoms with Gasteiger partial charge in [0.05, 0.1) is 11.7 Å². The molecule has 1 atom stereocenters. The quantitative estimate of drug-likeness (QED) is 0.862. The predicted molar refractivity (Wildman–Crippen MR) is 73.2 cm³/mol. The van der Waals surface area contributed by atoms with Crippen molar-refractivity contribution in [1.29, 1.82) is 0 Å². The summed E-state index contributed by atoms with van der Waals surface area (Å²) in [4.78, 5) is 12.1. The van der Waals surface area contributed by atoms with Crippen LogP contribution in [0.1, 0.15) is 31.1 Å². The number of carbonyl (C=O) groups excluding carboxylic acids is 1. The summed E-state index contributed by atoms with van der Waals surface area (Å²) in [5.74, 6) is 0.294. The average Bonchev–Trinajstić information content (AvgIpc) is 2.30. The van der Waals surface area contributed by atoms with Gasteiger partial charge in [-0.05, 0) is 39.0 Å². The lowest BCUT2D eigenvalue weighted by Gasteiger charge is -2.16. The molecule has 0 unspecified atom stereocenters. The van der Waals surface area contributed by atoms with E-state index in [2.05, 4.69) is 5.32 Å². The largest absolute Gasteiger partial charge is 0.490 e. The van der Waals surface area contributed by atoms with Crippen LogP contribution in [0.15, 0.2) is 18.2 Å². The zero-order chi connectivity index (χ0) is 13.7. The number of nitrogens with two attached hydrogens (primary N) is 1. The molecular weight excluding hydrogens is 252 g/mol. The highest BCUT2D eigenvalue weighted by Crippen LogP contribution is 2.24. The van der Waals surface area contributed by atoms with Crippen LogP contribution in [-0.2, 0) is 0 Å². The fourth-order valence-corrected chi connectivity index (χ4v) is 1.57. The van der Waals surface area contributed by atoms with Crippen molar-refractivity contribution in [1.82, 2.24) is 5.32 Å². The molecule has 5 heteroatoms. The molecule has 1 rings (SSSR count). The first-order chi connectivity index (χ1) is 8.43. The molecular formula is C13H19ClN2O2. The molecule has 0 radical (unpaired) electrons. The fraction of sp³-hybridized carbons (Fsp3) is 0.462. The molecule has 1 amide bonds. The van der Waals surface area contributed by atoms with Gasteiger partial charge in [0.2, 0.25) is 0 Å². The molecule has 0 bridgehead atoms. The summed E-state index contributed by atoms with van der Waals surface area (Å²) in [6.45, 7) is 6.02. The van der Waals surface area contributed by atoms with Crippen LogP contribution in [0.4, 0.5) is 0 Å². The third-order valence-corrected chi connectivity index (χ3v) is 2.52. The second kappa shape index (κ2) is 6.61. The maximum absolute atomic E-state index is 12.1. The Balaban J connectivity index is 2.97. The normalized spacial score (nSPS) is 12.3. The van der Waals surface area contributed by atoms with Crippen LogP contribution in [-0.4, -0.2) is 24.6 Å². The molecule has 3 N–H and O–H groups in total. The highest BCUT2D eigenvalue weighted by molar-refractivity contribution is 6.31. The Hall–Kier alpha value is -1.26. The van der Waals surface area contributed by atoms with E-state index in [0.29, 0.717) is 22.9 Å². The molecule has 0 spiro atoms. The fourth-order valence-electron chi connectivity index (χ4n) is 1.40. The molecule has 1 aromatic carbocycles. The number of nitrogens with one attached hydrogen (secondary N) is 1. The molecule has 18 heavy (non-hydrogen) atoms. The van der Waals surface area contributed by atoms with Crippen LogP contribution in [0, 0.1) is 0 Å². The molecule has 0 aliphatic rings.